The van der Waals surface area contributed by atoms with Crippen LogP contribution in [0.3, 0.4) is 0 Å². The Labute approximate surface area is 208 Å². The first-order valence-electron chi connectivity index (χ1n) is 10.9. The van der Waals surface area contributed by atoms with Gasteiger partial charge in [-0.1, -0.05) is 36.0 Å². The third kappa shape index (κ3) is 9.70. The van der Waals surface area contributed by atoms with Crippen molar-refractivity contribution in [2.24, 2.45) is 0 Å². The molecule has 1 amide bonds. The SMILES string of the molecule is CNC(=O)C(Cc1ccc(OCC(OC(=O)CCCC(=O)O)c2ccc(OC)cc2)cc1)SC=O. The predicted octanol–water partition coefficient (Wildman–Crippen LogP) is 3.19. The van der Waals surface area contributed by atoms with Gasteiger partial charge in [0.05, 0.1) is 12.4 Å². The summed E-state index contributed by atoms with van der Waals surface area (Å²) in [7, 11) is 3.08. The van der Waals surface area contributed by atoms with Crippen molar-refractivity contribution in [1.82, 2.24) is 5.32 Å². The molecule has 2 atom stereocenters. The molecule has 0 bridgehead atoms. The number of nitrogens with one attached hydrogen (secondary N) is 1. The fraction of sp³-hybridized carbons (Fsp3) is 0.360. The molecule has 0 saturated heterocycles. The summed E-state index contributed by atoms with van der Waals surface area (Å²) in [4.78, 5) is 45.7. The summed E-state index contributed by atoms with van der Waals surface area (Å²) in [5.41, 5.74) is 2.21. The largest absolute Gasteiger partial charge is 0.497 e. The number of benzene rings is 2. The van der Waals surface area contributed by atoms with E-state index in [0.717, 1.165) is 17.3 Å². The second kappa shape index (κ2) is 14.7. The van der Waals surface area contributed by atoms with Crippen LogP contribution in [0.25, 0.3) is 0 Å². The second-order valence-electron chi connectivity index (χ2n) is 7.49. The fourth-order valence-electron chi connectivity index (χ4n) is 3.16. The minimum atomic E-state index is -0.970. The van der Waals surface area contributed by atoms with Gasteiger partial charge in [0, 0.05) is 19.9 Å². The van der Waals surface area contributed by atoms with Gasteiger partial charge in [-0.15, -0.1) is 0 Å². The van der Waals surface area contributed by atoms with Crippen LogP contribution in [0.1, 0.15) is 36.5 Å². The number of rotatable bonds is 15. The van der Waals surface area contributed by atoms with Crippen molar-refractivity contribution in [3.63, 3.8) is 0 Å². The lowest BCUT2D eigenvalue weighted by Crippen LogP contribution is -2.31. The van der Waals surface area contributed by atoms with E-state index in [-0.39, 0.29) is 31.8 Å². The monoisotopic (exact) mass is 503 g/mol. The molecule has 0 aliphatic rings. The number of esters is 1. The number of amides is 1. The summed E-state index contributed by atoms with van der Waals surface area (Å²) < 4.78 is 16.6. The minimum Gasteiger partial charge on any atom is -0.497 e. The van der Waals surface area contributed by atoms with Crippen molar-refractivity contribution in [2.75, 3.05) is 20.8 Å². The van der Waals surface area contributed by atoms with E-state index in [4.69, 9.17) is 19.3 Å². The highest BCUT2D eigenvalue weighted by Gasteiger charge is 2.20. The lowest BCUT2D eigenvalue weighted by Gasteiger charge is -2.19. The minimum absolute atomic E-state index is 0.0149. The number of methoxy groups -OCH3 is 1. The highest BCUT2D eigenvalue weighted by Crippen LogP contribution is 2.24. The molecule has 2 aromatic rings. The first-order valence-corrected chi connectivity index (χ1v) is 11.9. The molecule has 2 unspecified atom stereocenters. The lowest BCUT2D eigenvalue weighted by molar-refractivity contribution is -0.151. The predicted molar refractivity (Wildman–Crippen MR) is 131 cm³/mol. The number of hydrogen-bond donors (Lipinski definition) is 2. The standard InChI is InChI=1S/C25H29NO8S/c1-26-25(31)22(35-16-27)14-17-6-10-20(11-7-17)33-15-21(18-8-12-19(32-2)13-9-18)34-24(30)5-3-4-23(28)29/h6-13,16,21-22H,3-5,14-15H2,1-2H3,(H,26,31)(H,28,29). The van der Waals surface area contributed by atoms with Gasteiger partial charge in [0.1, 0.15) is 18.1 Å². The van der Waals surface area contributed by atoms with E-state index in [2.05, 4.69) is 5.32 Å². The van der Waals surface area contributed by atoms with Crippen LogP contribution in [-0.4, -0.2) is 54.6 Å². The van der Waals surface area contributed by atoms with Crippen molar-refractivity contribution in [1.29, 1.82) is 0 Å². The maximum atomic E-state index is 12.3. The maximum absolute atomic E-state index is 12.3. The Morgan fingerprint density at radius 1 is 1.03 bits per heavy atom. The van der Waals surface area contributed by atoms with Gasteiger partial charge < -0.3 is 24.6 Å². The highest BCUT2D eigenvalue weighted by molar-refractivity contribution is 8.13. The van der Waals surface area contributed by atoms with E-state index in [1.807, 2.05) is 0 Å². The molecule has 2 rings (SSSR count). The number of carbonyl (C=O) groups is 4. The molecule has 0 fully saturated rings. The summed E-state index contributed by atoms with van der Waals surface area (Å²) in [5.74, 6) is -0.523. The molecule has 35 heavy (non-hydrogen) atoms. The number of ether oxygens (including phenoxy) is 3. The van der Waals surface area contributed by atoms with Crippen molar-refractivity contribution in [2.45, 2.75) is 37.0 Å². The van der Waals surface area contributed by atoms with Crippen LogP contribution < -0.4 is 14.8 Å². The maximum Gasteiger partial charge on any atom is 0.306 e. The quantitative estimate of drug-likeness (QED) is 0.278. The molecule has 0 aliphatic carbocycles. The lowest BCUT2D eigenvalue weighted by atomic mass is 10.1. The first-order chi connectivity index (χ1) is 16.9. The zero-order valence-electron chi connectivity index (χ0n) is 19.6. The van der Waals surface area contributed by atoms with Crippen LogP contribution in [0.5, 0.6) is 11.5 Å². The van der Waals surface area contributed by atoms with Gasteiger partial charge in [-0.05, 0) is 48.2 Å². The number of carboxylic acid groups (broad SMARTS) is 1. The van der Waals surface area contributed by atoms with Gasteiger partial charge >= 0.3 is 11.9 Å². The Balaban J connectivity index is 2.04. The molecule has 2 aromatic carbocycles. The Morgan fingerprint density at radius 3 is 2.26 bits per heavy atom. The van der Waals surface area contributed by atoms with E-state index < -0.39 is 23.3 Å². The van der Waals surface area contributed by atoms with Gasteiger partial charge in [0.15, 0.2) is 11.7 Å². The normalized spacial score (nSPS) is 12.2. The van der Waals surface area contributed by atoms with Crippen LogP contribution in [-0.2, 0) is 30.3 Å². The van der Waals surface area contributed by atoms with Crippen molar-refractivity contribution < 1.29 is 38.5 Å². The number of carbonyl (C=O) groups excluding carboxylic acids is 3. The molecule has 0 aliphatic heterocycles. The van der Waals surface area contributed by atoms with Gasteiger partial charge in [0.25, 0.3) is 0 Å². The number of thioether (sulfide) groups is 1. The van der Waals surface area contributed by atoms with E-state index in [0.29, 0.717) is 29.1 Å². The summed E-state index contributed by atoms with van der Waals surface area (Å²) in [6.45, 7) is 0.0399. The molecule has 10 heteroatoms. The molecule has 0 heterocycles. The zero-order valence-corrected chi connectivity index (χ0v) is 20.4. The molecule has 0 spiro atoms. The van der Waals surface area contributed by atoms with E-state index in [9.17, 15) is 19.2 Å². The van der Waals surface area contributed by atoms with Gasteiger partial charge in [-0.25, -0.2) is 0 Å². The second-order valence-corrected chi connectivity index (χ2v) is 8.53. The molecule has 9 nitrogen and oxygen atoms in total. The third-order valence-corrected chi connectivity index (χ3v) is 5.86. The van der Waals surface area contributed by atoms with Gasteiger partial charge in [-0.2, -0.15) is 0 Å². The van der Waals surface area contributed by atoms with Crippen molar-refractivity contribution in [3.05, 3.63) is 59.7 Å². The molecule has 0 radical (unpaired) electrons. The third-order valence-electron chi connectivity index (χ3n) is 5.04. The summed E-state index contributed by atoms with van der Waals surface area (Å²) in [6.07, 6.45) is -0.271. The molecular formula is C25H29NO8S. The summed E-state index contributed by atoms with van der Waals surface area (Å²) >= 11 is 0.921. The Kier molecular flexibility index (Phi) is 11.6. The Hall–Kier alpha value is -3.53. The van der Waals surface area contributed by atoms with Crippen LogP contribution in [0.2, 0.25) is 0 Å². The average molecular weight is 504 g/mol. The van der Waals surface area contributed by atoms with Crippen LogP contribution >= 0.6 is 11.8 Å². The Morgan fingerprint density at radius 2 is 1.69 bits per heavy atom. The average Bonchev–Trinajstić information content (AvgIpc) is 2.86. The summed E-state index contributed by atoms with van der Waals surface area (Å²) in [5, 5.41) is 10.8. The fourth-order valence-corrected chi connectivity index (χ4v) is 3.82. The smallest absolute Gasteiger partial charge is 0.306 e. The molecule has 0 saturated carbocycles. The summed E-state index contributed by atoms with van der Waals surface area (Å²) in [6, 6.07) is 14.1. The van der Waals surface area contributed by atoms with E-state index in [1.54, 1.807) is 55.6 Å². The van der Waals surface area contributed by atoms with Gasteiger partial charge in [0.2, 0.25) is 5.91 Å². The van der Waals surface area contributed by atoms with E-state index >= 15 is 0 Å². The van der Waals surface area contributed by atoms with Crippen LogP contribution in [0.15, 0.2) is 48.5 Å². The molecule has 188 valence electrons. The van der Waals surface area contributed by atoms with Gasteiger partial charge in [-0.3, -0.25) is 19.2 Å². The topological polar surface area (TPSA) is 128 Å². The highest BCUT2D eigenvalue weighted by atomic mass is 32.2. The van der Waals surface area contributed by atoms with E-state index in [1.165, 1.54) is 7.05 Å². The van der Waals surface area contributed by atoms with Crippen molar-refractivity contribution >= 4 is 35.2 Å². The van der Waals surface area contributed by atoms with Crippen LogP contribution in [0.4, 0.5) is 0 Å². The zero-order chi connectivity index (χ0) is 25.6. The molecule has 0 aromatic heterocycles. The van der Waals surface area contributed by atoms with Crippen molar-refractivity contribution in [3.8, 4) is 11.5 Å². The number of carboxylic acids is 1. The number of aliphatic carboxylic acids is 1. The molecular weight excluding hydrogens is 474 g/mol. The number of hydrogen-bond acceptors (Lipinski definition) is 8. The Bertz CT molecular complexity index is 978. The molecule has 2 N–H and O–H groups in total. The first kappa shape index (κ1) is 27.7. The van der Waals surface area contributed by atoms with Crippen LogP contribution in [0, 0.1) is 0 Å².